The van der Waals surface area contributed by atoms with Crippen LogP contribution in [0.4, 0.5) is 13.2 Å². The third-order valence-corrected chi connectivity index (χ3v) is 5.96. The van der Waals surface area contributed by atoms with Crippen LogP contribution < -0.4 is 10.9 Å². The Bertz CT molecular complexity index is 669. The lowest BCUT2D eigenvalue weighted by molar-refractivity contribution is -0.153. The Morgan fingerprint density at radius 1 is 1.07 bits per heavy atom. The van der Waals surface area contributed by atoms with Crippen LogP contribution in [0.3, 0.4) is 0 Å². The van der Waals surface area contributed by atoms with Gasteiger partial charge in [-0.3, -0.25) is 9.69 Å². The Morgan fingerprint density at radius 3 is 2.56 bits per heavy atom. The highest BCUT2D eigenvalue weighted by Gasteiger charge is 2.47. The second-order valence-corrected chi connectivity index (χ2v) is 7.93. The van der Waals surface area contributed by atoms with Crippen LogP contribution in [-0.4, -0.2) is 59.6 Å². The molecule has 5 nitrogen and oxygen atoms in total. The number of carbonyl (C=O) groups excluding carboxylic acids is 1. The molecule has 0 radical (unpaired) electrons. The summed E-state index contributed by atoms with van der Waals surface area (Å²) >= 11 is 0. The highest BCUT2D eigenvalue weighted by molar-refractivity contribution is 5.82. The average molecular weight is 382 g/mol. The minimum Gasteiger partial charge on any atom is -0.339 e. The maximum atomic E-state index is 12.9. The lowest BCUT2D eigenvalue weighted by Crippen LogP contribution is -2.49. The molecule has 4 heterocycles. The average Bonchev–Trinajstić information content (AvgIpc) is 2.98. The van der Waals surface area contributed by atoms with Gasteiger partial charge >= 0.3 is 6.18 Å². The summed E-state index contributed by atoms with van der Waals surface area (Å²) in [5.41, 5.74) is 6.03. The lowest BCUT2D eigenvalue weighted by Gasteiger charge is -2.36. The molecular weight excluding hydrogens is 357 g/mol. The minimum absolute atomic E-state index is 0.215. The van der Waals surface area contributed by atoms with Crippen LogP contribution in [0.1, 0.15) is 24.8 Å². The first kappa shape index (κ1) is 18.7. The number of amides is 1. The van der Waals surface area contributed by atoms with Crippen LogP contribution in [-0.2, 0) is 11.3 Å². The molecular formula is C19H25F3N4O. The van der Waals surface area contributed by atoms with Crippen LogP contribution in [0.2, 0.25) is 0 Å². The topological polar surface area (TPSA) is 47.6 Å². The molecule has 148 valence electrons. The predicted molar refractivity (Wildman–Crippen MR) is 94.5 cm³/mol. The molecule has 4 saturated heterocycles. The zero-order valence-corrected chi connectivity index (χ0v) is 15.1. The van der Waals surface area contributed by atoms with Gasteiger partial charge in [0, 0.05) is 32.2 Å². The van der Waals surface area contributed by atoms with E-state index in [4.69, 9.17) is 0 Å². The van der Waals surface area contributed by atoms with Gasteiger partial charge in [-0.2, -0.15) is 13.2 Å². The van der Waals surface area contributed by atoms with Crippen LogP contribution in [0, 0.1) is 5.92 Å². The van der Waals surface area contributed by atoms with Crippen molar-refractivity contribution in [2.75, 3.05) is 19.6 Å². The summed E-state index contributed by atoms with van der Waals surface area (Å²) in [6, 6.07) is 8.05. The minimum atomic E-state index is -4.34. The number of nitrogens with zero attached hydrogens (tertiary/aromatic N) is 2. The van der Waals surface area contributed by atoms with Gasteiger partial charge < -0.3 is 4.90 Å². The molecule has 4 aliphatic rings. The molecule has 5 rings (SSSR count). The molecule has 0 saturated carbocycles. The van der Waals surface area contributed by atoms with E-state index in [1.54, 1.807) is 4.90 Å². The van der Waals surface area contributed by atoms with E-state index < -0.39 is 18.3 Å². The number of benzene rings is 1. The summed E-state index contributed by atoms with van der Waals surface area (Å²) in [5.74, 6) is 0.164. The SMILES string of the molecule is O=C(C1CC(C(F)(F)F)NN1)N1C[C@H]2CC[C@@H](C1)N(Cc1ccccc1)C2. The third kappa shape index (κ3) is 4.12. The molecule has 0 aromatic heterocycles. The Balaban J connectivity index is 1.40. The molecule has 8 heteroatoms. The van der Waals surface area contributed by atoms with Crippen molar-refractivity contribution < 1.29 is 18.0 Å². The first-order valence-electron chi connectivity index (χ1n) is 9.54. The molecule has 27 heavy (non-hydrogen) atoms. The van der Waals surface area contributed by atoms with E-state index in [0.717, 1.165) is 25.9 Å². The second kappa shape index (κ2) is 7.41. The number of piperidine rings is 1. The van der Waals surface area contributed by atoms with Crippen molar-refractivity contribution in [1.29, 1.82) is 0 Å². The summed E-state index contributed by atoms with van der Waals surface area (Å²) in [7, 11) is 0. The highest BCUT2D eigenvalue weighted by atomic mass is 19.4. The fourth-order valence-electron chi connectivity index (χ4n) is 4.52. The Kier molecular flexibility index (Phi) is 5.13. The van der Waals surface area contributed by atoms with Crippen molar-refractivity contribution in [2.24, 2.45) is 5.92 Å². The summed E-state index contributed by atoms with van der Waals surface area (Å²) in [5, 5.41) is 0. The third-order valence-electron chi connectivity index (χ3n) is 5.96. The van der Waals surface area contributed by atoms with Gasteiger partial charge in [0.1, 0.15) is 12.1 Å². The van der Waals surface area contributed by atoms with E-state index >= 15 is 0 Å². The number of alkyl halides is 3. The quantitative estimate of drug-likeness (QED) is 0.839. The zero-order chi connectivity index (χ0) is 19.0. The standard InChI is InChI=1S/C19H25F3N4O/c20-19(21,22)17-8-16(23-24-17)18(27)26-11-14-6-7-15(12-26)25(10-14)9-13-4-2-1-3-5-13/h1-5,14-17,23-24H,6-12H2/t14-,15-,16?,17?/m0/s1. The van der Waals surface area contributed by atoms with Crippen LogP contribution in [0.5, 0.6) is 0 Å². The second-order valence-electron chi connectivity index (χ2n) is 7.93. The molecule has 2 N–H and O–H groups in total. The fraction of sp³-hybridized carbons (Fsp3) is 0.632. The molecule has 2 unspecified atom stereocenters. The predicted octanol–water partition coefficient (Wildman–Crippen LogP) is 1.91. The van der Waals surface area contributed by atoms with Gasteiger partial charge in [-0.1, -0.05) is 30.3 Å². The maximum absolute atomic E-state index is 12.9. The van der Waals surface area contributed by atoms with Crippen molar-refractivity contribution in [1.82, 2.24) is 20.7 Å². The van der Waals surface area contributed by atoms with Crippen LogP contribution in [0.15, 0.2) is 30.3 Å². The van der Waals surface area contributed by atoms with Gasteiger partial charge in [0.05, 0.1) is 0 Å². The number of rotatable bonds is 3. The van der Waals surface area contributed by atoms with E-state index in [2.05, 4.69) is 27.9 Å². The van der Waals surface area contributed by atoms with Crippen LogP contribution in [0.25, 0.3) is 0 Å². The number of nitrogens with one attached hydrogen (secondary N) is 2. The summed E-state index contributed by atoms with van der Waals surface area (Å²) in [6.07, 6.45) is -2.49. The molecule has 1 aromatic rings. The van der Waals surface area contributed by atoms with Gasteiger partial charge in [0.15, 0.2) is 0 Å². The molecule has 1 amide bonds. The summed E-state index contributed by atoms with van der Waals surface area (Å²) < 4.78 is 38.6. The van der Waals surface area contributed by atoms with E-state index in [9.17, 15) is 18.0 Å². The zero-order valence-electron chi connectivity index (χ0n) is 15.1. The van der Waals surface area contributed by atoms with Gasteiger partial charge in [-0.05, 0) is 30.7 Å². The first-order chi connectivity index (χ1) is 12.9. The normalized spacial score (nSPS) is 31.9. The number of hydrogen-bond donors (Lipinski definition) is 2. The number of halogens is 3. The summed E-state index contributed by atoms with van der Waals surface area (Å²) in [6.45, 7) is 3.01. The molecule has 4 aliphatic heterocycles. The molecule has 0 aliphatic carbocycles. The molecule has 4 atom stereocenters. The number of hydrogen-bond acceptors (Lipinski definition) is 4. The van der Waals surface area contributed by atoms with E-state index in [0.29, 0.717) is 19.0 Å². The Hall–Kier alpha value is -1.64. The van der Waals surface area contributed by atoms with Crippen molar-refractivity contribution in [3.8, 4) is 0 Å². The van der Waals surface area contributed by atoms with E-state index in [1.165, 1.54) is 5.56 Å². The van der Waals surface area contributed by atoms with Gasteiger partial charge in [-0.25, -0.2) is 10.9 Å². The Morgan fingerprint density at radius 2 is 1.85 bits per heavy atom. The molecule has 2 bridgehead atoms. The van der Waals surface area contributed by atoms with E-state index in [1.807, 2.05) is 18.2 Å². The lowest BCUT2D eigenvalue weighted by atomic mass is 9.94. The largest absolute Gasteiger partial charge is 0.405 e. The van der Waals surface area contributed by atoms with Gasteiger partial charge in [0.2, 0.25) is 5.91 Å². The molecule has 0 spiro atoms. The highest BCUT2D eigenvalue weighted by Crippen LogP contribution is 2.31. The van der Waals surface area contributed by atoms with Crippen molar-refractivity contribution in [2.45, 2.75) is 50.1 Å². The van der Waals surface area contributed by atoms with Gasteiger partial charge in [0.25, 0.3) is 0 Å². The number of fused-ring (bicyclic) bond motifs is 4. The Labute approximate surface area is 156 Å². The fourth-order valence-corrected chi connectivity index (χ4v) is 4.52. The van der Waals surface area contributed by atoms with Crippen molar-refractivity contribution in [3.63, 3.8) is 0 Å². The number of hydrazine groups is 1. The van der Waals surface area contributed by atoms with Crippen molar-refractivity contribution >= 4 is 5.91 Å². The van der Waals surface area contributed by atoms with Crippen molar-refractivity contribution in [3.05, 3.63) is 35.9 Å². The van der Waals surface area contributed by atoms with E-state index in [-0.39, 0.29) is 18.4 Å². The molecule has 4 fully saturated rings. The van der Waals surface area contributed by atoms with Crippen LogP contribution >= 0.6 is 0 Å². The number of carbonyl (C=O) groups is 1. The monoisotopic (exact) mass is 382 g/mol. The first-order valence-corrected chi connectivity index (χ1v) is 9.54. The van der Waals surface area contributed by atoms with Gasteiger partial charge in [-0.15, -0.1) is 0 Å². The smallest absolute Gasteiger partial charge is 0.339 e. The maximum Gasteiger partial charge on any atom is 0.405 e. The molecule has 1 aromatic carbocycles. The summed E-state index contributed by atoms with van der Waals surface area (Å²) in [4.78, 5) is 17.1.